The molecule has 412 valence electrons. The minimum atomic E-state index is -2.08. The number of amides is 4. The molecule has 5 aliphatic heterocycles. The lowest BCUT2D eigenvalue weighted by atomic mass is 9.64. The molecule has 1 spiro atoms. The molecule has 3 fully saturated rings. The van der Waals surface area contributed by atoms with Gasteiger partial charge in [0.15, 0.2) is 11.5 Å². The van der Waals surface area contributed by atoms with Gasteiger partial charge < -0.3 is 34.3 Å². The van der Waals surface area contributed by atoms with Gasteiger partial charge in [0.1, 0.15) is 42.0 Å². The van der Waals surface area contributed by atoms with Gasteiger partial charge in [0.25, 0.3) is 0 Å². The van der Waals surface area contributed by atoms with Gasteiger partial charge in [-0.3, -0.25) is 24.2 Å². The van der Waals surface area contributed by atoms with Gasteiger partial charge in [-0.2, -0.15) is 0 Å². The number of hydrogen-bond acceptors (Lipinski definition) is 13. The predicted octanol–water partition coefficient (Wildman–Crippen LogP) is 8.06. The number of anilines is 1. The summed E-state index contributed by atoms with van der Waals surface area (Å²) in [4.78, 5) is 72.5. The van der Waals surface area contributed by atoms with Crippen molar-refractivity contribution < 1.29 is 43.2 Å². The molecule has 0 aliphatic carbocycles. The Morgan fingerprint density at radius 2 is 1.49 bits per heavy atom. The zero-order valence-corrected chi connectivity index (χ0v) is 44.9. The summed E-state index contributed by atoms with van der Waals surface area (Å²) in [5.74, 6) is 4.90. The predicted molar refractivity (Wildman–Crippen MR) is 303 cm³/mol. The summed E-state index contributed by atoms with van der Waals surface area (Å²) in [7, 11) is 0. The molecule has 0 radical (unpaired) electrons. The van der Waals surface area contributed by atoms with Crippen molar-refractivity contribution in [1.82, 2.24) is 35.0 Å². The van der Waals surface area contributed by atoms with E-state index in [9.17, 15) is 5.11 Å². The number of urea groups is 1. The van der Waals surface area contributed by atoms with E-state index < -0.39 is 65.4 Å². The number of nitrogens with zero attached hydrogens (tertiary/aromatic N) is 7. The maximum absolute atomic E-state index is 17.2. The second-order valence-corrected chi connectivity index (χ2v) is 21.2. The monoisotopic (exact) mass is 1090 g/mol. The third-order valence-corrected chi connectivity index (χ3v) is 16.5. The summed E-state index contributed by atoms with van der Waals surface area (Å²) in [6, 6.07) is 49.8. The maximum Gasteiger partial charge on any atom is 0.329 e. The van der Waals surface area contributed by atoms with Gasteiger partial charge in [-0.15, -0.1) is 5.10 Å². The fourth-order valence-corrected chi connectivity index (χ4v) is 12.9. The standard InChI is InChI=1S/C65H58N8O9/c1-42(45-17-5-2-6-18-45)66-64(78)72-51-29-27-43(16-15-31-71-52-25-13-12-24-50(52)67-68-71)38-49(51)65(63(72)77)56(61(75)70-34-32-69(33-35-70)40-44-28-30-54-55(39-44)81-41-80-54)58-62(76)82-59(47-21-9-4-10-22-47)57(46-19-7-3-8-20-46)73(58)60(65)48-23-11-14-26-53(48)79-37-36-74/h2-14,17-30,38-39,42,56-60,74H,31-37,40-41H2,1H3,(H,66,78). The first-order valence-corrected chi connectivity index (χ1v) is 27.6. The minimum Gasteiger partial charge on any atom is -0.491 e. The van der Waals surface area contributed by atoms with Crippen LogP contribution in [0.15, 0.2) is 176 Å². The molecule has 0 saturated carbocycles. The van der Waals surface area contributed by atoms with Gasteiger partial charge >= 0.3 is 12.0 Å². The number of aliphatic hydroxyl groups excluding tert-OH is 1. The lowest BCUT2D eigenvalue weighted by Crippen LogP contribution is -2.59. The summed E-state index contributed by atoms with van der Waals surface area (Å²) in [5, 5.41) is 22.1. The van der Waals surface area contributed by atoms with Crippen LogP contribution in [0.1, 0.15) is 70.1 Å². The number of esters is 1. The van der Waals surface area contributed by atoms with E-state index in [1.165, 1.54) is 0 Å². The molecule has 5 aliphatic rings. The van der Waals surface area contributed by atoms with Crippen LogP contribution in [0, 0.1) is 17.8 Å². The Hall–Kier alpha value is -9.34. The average molecular weight is 1100 g/mol. The number of carbonyl (C=O) groups is 4. The van der Waals surface area contributed by atoms with Crippen LogP contribution < -0.4 is 24.4 Å². The van der Waals surface area contributed by atoms with Crippen LogP contribution in [-0.4, -0.2) is 111 Å². The number of aliphatic hydroxyl groups is 1. The van der Waals surface area contributed by atoms with Gasteiger partial charge in [-0.25, -0.2) is 14.4 Å². The molecule has 7 aromatic carbocycles. The highest BCUT2D eigenvalue weighted by Gasteiger charge is 2.76. The second-order valence-electron chi connectivity index (χ2n) is 21.2. The van der Waals surface area contributed by atoms with E-state index >= 15 is 19.2 Å². The van der Waals surface area contributed by atoms with Crippen molar-refractivity contribution in [3.05, 3.63) is 215 Å². The van der Waals surface area contributed by atoms with Gasteiger partial charge in [0.2, 0.25) is 18.6 Å². The first kappa shape index (κ1) is 52.1. The fourth-order valence-electron chi connectivity index (χ4n) is 12.9. The fraction of sp³-hybridized carbons (Fsp3) is 0.262. The number of benzene rings is 7. The van der Waals surface area contributed by atoms with E-state index in [1.807, 2.05) is 157 Å². The Bertz CT molecular complexity index is 3790. The van der Waals surface area contributed by atoms with Crippen molar-refractivity contribution in [3.63, 3.8) is 0 Å². The molecule has 6 heterocycles. The number of morpholine rings is 1. The number of para-hydroxylation sites is 2. The lowest BCUT2D eigenvalue weighted by Gasteiger charge is -2.46. The van der Waals surface area contributed by atoms with Crippen LogP contribution in [0.3, 0.4) is 0 Å². The molecular formula is C65H58N8O9. The molecule has 13 rings (SSSR count). The number of rotatable bonds is 12. The summed E-state index contributed by atoms with van der Waals surface area (Å²) in [6.07, 6.45) is -0.946. The Labute approximate surface area is 473 Å². The van der Waals surface area contributed by atoms with Crippen LogP contribution in [0.25, 0.3) is 11.0 Å². The van der Waals surface area contributed by atoms with E-state index in [1.54, 1.807) is 39.9 Å². The molecular weight excluding hydrogens is 1040 g/mol. The zero-order valence-electron chi connectivity index (χ0n) is 44.9. The Morgan fingerprint density at radius 1 is 0.780 bits per heavy atom. The lowest BCUT2D eigenvalue weighted by molar-refractivity contribution is -0.179. The van der Waals surface area contributed by atoms with Crippen molar-refractivity contribution in [1.29, 1.82) is 0 Å². The summed E-state index contributed by atoms with van der Waals surface area (Å²) >= 11 is 0. The number of ether oxygens (including phenoxy) is 4. The van der Waals surface area contributed by atoms with Crippen LogP contribution in [-0.2, 0) is 37.6 Å². The van der Waals surface area contributed by atoms with Gasteiger partial charge in [-0.1, -0.05) is 144 Å². The highest BCUT2D eigenvalue weighted by atomic mass is 16.7. The van der Waals surface area contributed by atoms with Crippen molar-refractivity contribution in [3.8, 4) is 29.1 Å². The van der Waals surface area contributed by atoms with E-state index in [0.29, 0.717) is 59.1 Å². The van der Waals surface area contributed by atoms with Gasteiger partial charge in [-0.05, 0) is 83.3 Å². The molecule has 7 unspecified atom stereocenters. The van der Waals surface area contributed by atoms with Crippen molar-refractivity contribution in [2.45, 2.75) is 55.7 Å². The number of carbonyl (C=O) groups excluding carboxylic acids is 4. The van der Waals surface area contributed by atoms with E-state index in [4.69, 9.17) is 18.9 Å². The van der Waals surface area contributed by atoms with E-state index in [2.05, 4.69) is 32.4 Å². The normalized spacial score (nSPS) is 22.3. The summed E-state index contributed by atoms with van der Waals surface area (Å²) in [5.41, 5.74) is 4.21. The van der Waals surface area contributed by atoms with Crippen molar-refractivity contribution in [2.24, 2.45) is 5.92 Å². The van der Waals surface area contributed by atoms with Gasteiger partial charge in [0.05, 0.1) is 41.9 Å². The molecule has 82 heavy (non-hydrogen) atoms. The number of fused-ring (bicyclic) bond motifs is 5. The number of piperazine rings is 1. The first-order valence-electron chi connectivity index (χ1n) is 27.6. The van der Waals surface area contributed by atoms with Crippen LogP contribution >= 0.6 is 0 Å². The first-order chi connectivity index (χ1) is 40.2. The number of nitrogens with one attached hydrogen (secondary N) is 1. The third kappa shape index (κ3) is 9.14. The molecule has 0 bridgehead atoms. The Balaban J connectivity index is 1.02. The second kappa shape index (κ2) is 22.0. The highest BCUT2D eigenvalue weighted by Crippen LogP contribution is 2.67. The summed E-state index contributed by atoms with van der Waals surface area (Å²) < 4.78 is 26.2. The molecule has 8 aromatic rings. The smallest absolute Gasteiger partial charge is 0.329 e. The number of aromatic nitrogens is 3. The molecule has 17 heteroatoms. The van der Waals surface area contributed by atoms with Crippen molar-refractivity contribution >= 4 is 40.5 Å². The molecule has 17 nitrogen and oxygen atoms in total. The molecule has 3 saturated heterocycles. The van der Waals surface area contributed by atoms with E-state index in [0.717, 1.165) is 32.6 Å². The Kier molecular flexibility index (Phi) is 13.9. The highest BCUT2D eigenvalue weighted by molar-refractivity contribution is 6.25. The summed E-state index contributed by atoms with van der Waals surface area (Å²) in [6.45, 7) is 3.79. The average Bonchev–Trinajstić information content (AvgIpc) is 2.38. The third-order valence-electron chi connectivity index (χ3n) is 16.5. The van der Waals surface area contributed by atoms with E-state index in [-0.39, 0.29) is 45.3 Å². The molecule has 4 amide bonds. The minimum absolute atomic E-state index is 0.104. The maximum atomic E-state index is 17.2. The van der Waals surface area contributed by atoms with Crippen LogP contribution in [0.2, 0.25) is 0 Å². The quantitative estimate of drug-likeness (QED) is 0.0887. The molecule has 2 N–H and O–H groups in total. The molecule has 7 atom stereocenters. The largest absolute Gasteiger partial charge is 0.491 e. The SMILES string of the molecule is CC(NC(=O)N1C(=O)C2(c3cc(C#CCn4nnc5ccccc54)ccc31)C(C(=O)N1CCN(Cc3ccc4c(c3)OCO4)CC1)C1C(=O)OC(c3ccccc3)C(c3ccccc3)N1C2c1ccccc1OCCO)c1ccccc1. The number of cyclic esters (lactones) is 1. The Morgan fingerprint density at radius 3 is 2.27 bits per heavy atom. The van der Waals surface area contributed by atoms with Crippen LogP contribution in [0.5, 0.6) is 17.2 Å². The zero-order chi connectivity index (χ0) is 55.9. The topological polar surface area (TPSA) is 181 Å². The number of hydrogen-bond donors (Lipinski definition) is 2. The molecule has 1 aromatic heterocycles. The van der Waals surface area contributed by atoms with Gasteiger partial charge in [0, 0.05) is 43.9 Å². The van der Waals surface area contributed by atoms with Crippen molar-refractivity contribution in [2.75, 3.05) is 51.1 Å². The van der Waals surface area contributed by atoms with Crippen LogP contribution in [0.4, 0.5) is 10.5 Å². The number of imide groups is 1.